The fourth-order valence-electron chi connectivity index (χ4n) is 0.221. The van der Waals surface area contributed by atoms with Crippen molar-refractivity contribution < 1.29 is 19.4 Å². The molecule has 0 heterocycles. The topological polar surface area (TPSA) is 76.0 Å². The predicted molar refractivity (Wildman–Crippen MR) is 28.5 cm³/mol. The second kappa shape index (κ2) is 3.59. The summed E-state index contributed by atoms with van der Waals surface area (Å²) >= 11 is 0. The minimum Gasteiger partial charge on any atom is -0.449 e. The zero-order valence-electron chi connectivity index (χ0n) is 4.53. The Balaban J connectivity index is 3.50. The first kappa shape index (κ1) is 7.61. The highest BCUT2D eigenvalue weighted by Crippen LogP contribution is 1.78. The summed E-state index contributed by atoms with van der Waals surface area (Å²) < 4.78 is 3.63. The van der Waals surface area contributed by atoms with E-state index in [-0.39, 0.29) is 6.54 Å². The first-order valence-corrected chi connectivity index (χ1v) is 2.03. The van der Waals surface area contributed by atoms with Gasteiger partial charge in [0.1, 0.15) is 6.54 Å². The van der Waals surface area contributed by atoms with Crippen LogP contribution >= 0.6 is 0 Å². The molecule has 0 aliphatic carbocycles. The standard InChI is InChI=1S/C4H5NO4/c1-5-2-3(6)9-4(7)8/h1-2H2,(H,7,8). The second-order valence-corrected chi connectivity index (χ2v) is 1.12. The Morgan fingerprint density at radius 2 is 2.22 bits per heavy atom. The van der Waals surface area contributed by atoms with Gasteiger partial charge in [-0.05, 0) is 6.72 Å². The molecule has 0 saturated heterocycles. The van der Waals surface area contributed by atoms with E-state index in [1.165, 1.54) is 0 Å². The fraction of sp³-hybridized carbons (Fsp3) is 0.250. The van der Waals surface area contributed by atoms with E-state index in [0.717, 1.165) is 0 Å². The van der Waals surface area contributed by atoms with Gasteiger partial charge in [-0.1, -0.05) is 0 Å². The molecule has 5 heteroatoms. The van der Waals surface area contributed by atoms with Crippen LogP contribution in [0.3, 0.4) is 0 Å². The van der Waals surface area contributed by atoms with E-state index in [0.29, 0.717) is 0 Å². The number of rotatable bonds is 2. The summed E-state index contributed by atoms with van der Waals surface area (Å²) in [6.45, 7) is 2.64. The van der Waals surface area contributed by atoms with Crippen molar-refractivity contribution in [2.24, 2.45) is 4.99 Å². The number of hydrogen-bond donors (Lipinski definition) is 1. The third kappa shape index (κ3) is 4.46. The van der Waals surface area contributed by atoms with Crippen molar-refractivity contribution >= 4 is 18.8 Å². The molecule has 0 aliphatic rings. The maximum Gasteiger partial charge on any atom is 0.513 e. The summed E-state index contributed by atoms with van der Waals surface area (Å²) in [5.74, 6) is -0.919. The summed E-state index contributed by atoms with van der Waals surface area (Å²) in [6.07, 6.45) is -1.62. The van der Waals surface area contributed by atoms with Gasteiger partial charge in [0.25, 0.3) is 0 Å². The van der Waals surface area contributed by atoms with Gasteiger partial charge >= 0.3 is 12.1 Å². The van der Waals surface area contributed by atoms with Gasteiger partial charge < -0.3 is 9.84 Å². The van der Waals surface area contributed by atoms with E-state index in [2.05, 4.69) is 16.4 Å². The van der Waals surface area contributed by atoms with Crippen molar-refractivity contribution in [3.8, 4) is 0 Å². The molecule has 50 valence electrons. The number of carbonyl (C=O) groups is 2. The second-order valence-electron chi connectivity index (χ2n) is 1.12. The van der Waals surface area contributed by atoms with E-state index in [4.69, 9.17) is 5.11 Å². The van der Waals surface area contributed by atoms with Gasteiger partial charge in [0.2, 0.25) is 0 Å². The Hall–Kier alpha value is -1.39. The molecular weight excluding hydrogens is 126 g/mol. The number of hydrogen-bond acceptors (Lipinski definition) is 4. The summed E-state index contributed by atoms with van der Waals surface area (Å²) in [5, 5.41) is 7.81. The van der Waals surface area contributed by atoms with Gasteiger partial charge in [-0.2, -0.15) is 0 Å². The Morgan fingerprint density at radius 1 is 1.67 bits per heavy atom. The smallest absolute Gasteiger partial charge is 0.449 e. The molecule has 0 bridgehead atoms. The van der Waals surface area contributed by atoms with E-state index >= 15 is 0 Å². The van der Waals surface area contributed by atoms with Gasteiger partial charge in [-0.3, -0.25) is 4.99 Å². The summed E-state index contributed by atoms with van der Waals surface area (Å²) in [4.78, 5) is 22.8. The van der Waals surface area contributed by atoms with Crippen LogP contribution in [0.25, 0.3) is 0 Å². The number of nitrogens with zero attached hydrogens (tertiary/aromatic N) is 1. The molecule has 9 heavy (non-hydrogen) atoms. The molecule has 0 radical (unpaired) electrons. The molecule has 0 aliphatic heterocycles. The number of esters is 1. The van der Waals surface area contributed by atoms with Gasteiger partial charge in [0.05, 0.1) is 0 Å². The molecule has 0 rings (SSSR count). The van der Waals surface area contributed by atoms with Crippen LogP contribution in [0.5, 0.6) is 0 Å². The fourth-order valence-corrected chi connectivity index (χ4v) is 0.221. The zero-order chi connectivity index (χ0) is 7.28. The van der Waals surface area contributed by atoms with Crippen molar-refractivity contribution in [1.29, 1.82) is 0 Å². The molecule has 0 aromatic rings. The highest BCUT2D eigenvalue weighted by atomic mass is 16.7. The average molecular weight is 131 g/mol. The van der Waals surface area contributed by atoms with E-state index in [1.54, 1.807) is 0 Å². The third-order valence-corrected chi connectivity index (χ3v) is 0.442. The number of ether oxygens (including phenoxy) is 1. The Kier molecular flexibility index (Phi) is 3.04. The van der Waals surface area contributed by atoms with E-state index < -0.39 is 12.1 Å². The molecule has 1 N–H and O–H groups in total. The van der Waals surface area contributed by atoms with Crippen molar-refractivity contribution in [2.45, 2.75) is 0 Å². The van der Waals surface area contributed by atoms with Crippen molar-refractivity contribution in [2.75, 3.05) is 6.54 Å². The minimum absolute atomic E-state index is 0.327. The third-order valence-electron chi connectivity index (χ3n) is 0.442. The monoisotopic (exact) mass is 131 g/mol. The van der Waals surface area contributed by atoms with E-state index in [1.807, 2.05) is 0 Å². The van der Waals surface area contributed by atoms with Crippen LogP contribution in [0.2, 0.25) is 0 Å². The lowest BCUT2D eigenvalue weighted by molar-refractivity contribution is -0.137. The molecule has 0 amide bonds. The molecule has 0 fully saturated rings. The highest BCUT2D eigenvalue weighted by Gasteiger charge is 2.04. The molecular formula is C4H5NO4. The number of aliphatic imine (C=N–C) groups is 1. The Labute approximate surface area is 51.0 Å². The van der Waals surface area contributed by atoms with Gasteiger partial charge in [0.15, 0.2) is 0 Å². The minimum atomic E-state index is -1.62. The van der Waals surface area contributed by atoms with Crippen LogP contribution in [0.1, 0.15) is 0 Å². The van der Waals surface area contributed by atoms with Crippen LogP contribution in [-0.4, -0.2) is 30.5 Å². The first-order chi connectivity index (χ1) is 4.16. The molecule has 0 saturated carbocycles. The SMILES string of the molecule is C=NCC(=O)OC(=O)O. The van der Waals surface area contributed by atoms with Crippen LogP contribution in [-0.2, 0) is 9.53 Å². The first-order valence-electron chi connectivity index (χ1n) is 2.03. The molecule has 0 spiro atoms. The van der Waals surface area contributed by atoms with Gasteiger partial charge in [-0.25, -0.2) is 9.59 Å². The van der Waals surface area contributed by atoms with Crippen molar-refractivity contribution in [1.82, 2.24) is 0 Å². The highest BCUT2D eigenvalue weighted by molar-refractivity contribution is 5.82. The van der Waals surface area contributed by atoms with Crippen LogP contribution in [0.15, 0.2) is 4.99 Å². The average Bonchev–Trinajstić information content (AvgIpc) is 1.63. The lowest BCUT2D eigenvalue weighted by Crippen LogP contribution is -2.12. The summed E-state index contributed by atoms with van der Waals surface area (Å²) in [6, 6.07) is 0. The largest absolute Gasteiger partial charge is 0.513 e. The maximum atomic E-state index is 10.1. The van der Waals surface area contributed by atoms with Gasteiger partial charge in [-0.15, -0.1) is 0 Å². The molecule has 0 aromatic carbocycles. The zero-order valence-corrected chi connectivity index (χ0v) is 4.53. The summed E-state index contributed by atoms with van der Waals surface area (Å²) in [7, 11) is 0. The summed E-state index contributed by atoms with van der Waals surface area (Å²) in [5.41, 5.74) is 0. The lowest BCUT2D eigenvalue weighted by atomic mass is 10.7. The molecule has 5 nitrogen and oxygen atoms in total. The Bertz CT molecular complexity index is 142. The lowest BCUT2D eigenvalue weighted by Gasteiger charge is -1.90. The predicted octanol–water partition coefficient (Wildman–Crippen LogP) is -0.0918. The maximum absolute atomic E-state index is 10.1. The Morgan fingerprint density at radius 3 is 2.56 bits per heavy atom. The number of carboxylic acid groups (broad SMARTS) is 1. The van der Waals surface area contributed by atoms with Crippen molar-refractivity contribution in [3.63, 3.8) is 0 Å². The normalized spacial score (nSPS) is 8.00. The van der Waals surface area contributed by atoms with Crippen LogP contribution < -0.4 is 0 Å². The van der Waals surface area contributed by atoms with E-state index in [9.17, 15) is 9.59 Å². The van der Waals surface area contributed by atoms with Crippen LogP contribution in [0, 0.1) is 0 Å². The van der Waals surface area contributed by atoms with Crippen LogP contribution in [0.4, 0.5) is 4.79 Å². The number of carbonyl (C=O) groups excluding carboxylic acids is 1. The molecule has 0 aromatic heterocycles. The van der Waals surface area contributed by atoms with Crippen molar-refractivity contribution in [3.05, 3.63) is 0 Å². The molecule has 0 unspecified atom stereocenters. The van der Waals surface area contributed by atoms with Gasteiger partial charge in [0, 0.05) is 0 Å². The quantitative estimate of drug-likeness (QED) is 0.322. The molecule has 0 atom stereocenters.